The van der Waals surface area contributed by atoms with Gasteiger partial charge in [-0.1, -0.05) is 6.08 Å². The van der Waals surface area contributed by atoms with E-state index in [1.54, 1.807) is 6.07 Å². The van der Waals surface area contributed by atoms with Crippen LogP contribution in [0.3, 0.4) is 0 Å². The Kier molecular flexibility index (Phi) is 3.94. The summed E-state index contributed by atoms with van der Waals surface area (Å²) in [6, 6.07) is 1.59. The first-order chi connectivity index (χ1) is 9.17. The lowest BCUT2D eigenvalue weighted by atomic mass is 10.1. The predicted octanol–water partition coefficient (Wildman–Crippen LogP) is 2.22. The summed E-state index contributed by atoms with van der Waals surface area (Å²) in [4.78, 5) is 27.6. The number of rotatable bonds is 3. The number of nitrogens with zero attached hydrogens (tertiary/aromatic N) is 1. The van der Waals surface area contributed by atoms with Gasteiger partial charge < -0.3 is 9.47 Å². The third-order valence-electron chi connectivity index (χ3n) is 3.08. The van der Waals surface area contributed by atoms with E-state index in [2.05, 4.69) is 15.8 Å². The fourth-order valence-corrected chi connectivity index (χ4v) is 2.09. The monoisotopic (exact) mass is 261 g/mol. The number of hydrogen-bond donors (Lipinski definition) is 0. The van der Waals surface area contributed by atoms with Gasteiger partial charge in [-0.2, -0.15) is 0 Å². The first-order valence-corrected chi connectivity index (χ1v) is 6.03. The summed E-state index contributed by atoms with van der Waals surface area (Å²) < 4.78 is 9.33. The number of aromatic nitrogens is 1. The largest absolute Gasteiger partial charge is 0.465 e. The second kappa shape index (κ2) is 5.65. The van der Waals surface area contributed by atoms with Gasteiger partial charge in [0.15, 0.2) is 0 Å². The van der Waals surface area contributed by atoms with E-state index >= 15 is 0 Å². The van der Waals surface area contributed by atoms with Crippen LogP contribution in [0.15, 0.2) is 18.3 Å². The fourth-order valence-electron chi connectivity index (χ4n) is 2.09. The van der Waals surface area contributed by atoms with E-state index < -0.39 is 11.9 Å². The van der Waals surface area contributed by atoms with Crippen LogP contribution >= 0.6 is 0 Å². The summed E-state index contributed by atoms with van der Waals surface area (Å²) in [5, 5.41) is 0. The summed E-state index contributed by atoms with van der Waals surface area (Å²) in [6.07, 6.45) is 6.51. The van der Waals surface area contributed by atoms with Gasteiger partial charge in [0.25, 0.3) is 0 Å². The topological polar surface area (TPSA) is 65.5 Å². The molecule has 0 aliphatic heterocycles. The zero-order valence-electron chi connectivity index (χ0n) is 10.9. The van der Waals surface area contributed by atoms with Crippen LogP contribution < -0.4 is 0 Å². The van der Waals surface area contributed by atoms with Crippen molar-refractivity contribution in [2.75, 3.05) is 14.2 Å². The molecule has 1 heterocycles. The highest BCUT2D eigenvalue weighted by atomic mass is 16.5. The lowest BCUT2D eigenvalue weighted by Crippen LogP contribution is -2.13. The first kappa shape index (κ1) is 13.3. The minimum Gasteiger partial charge on any atom is -0.465 e. The van der Waals surface area contributed by atoms with Crippen molar-refractivity contribution in [2.24, 2.45) is 0 Å². The molecule has 1 aromatic heterocycles. The van der Waals surface area contributed by atoms with E-state index in [9.17, 15) is 9.59 Å². The maximum atomic E-state index is 11.7. The summed E-state index contributed by atoms with van der Waals surface area (Å²) >= 11 is 0. The van der Waals surface area contributed by atoms with Crippen molar-refractivity contribution < 1.29 is 19.1 Å². The maximum Gasteiger partial charge on any atom is 0.340 e. The number of methoxy groups -OCH3 is 2. The molecule has 0 N–H and O–H groups in total. The molecule has 0 unspecified atom stereocenters. The molecule has 1 aromatic rings. The van der Waals surface area contributed by atoms with E-state index in [4.69, 9.17) is 4.74 Å². The van der Waals surface area contributed by atoms with Crippen LogP contribution in [-0.4, -0.2) is 31.1 Å². The smallest absolute Gasteiger partial charge is 0.340 e. The Hall–Kier alpha value is -2.17. The molecule has 0 saturated heterocycles. The Balaban J connectivity index is 2.46. The normalized spacial score (nSPS) is 13.9. The third kappa shape index (κ3) is 2.65. The summed E-state index contributed by atoms with van der Waals surface area (Å²) in [7, 11) is 2.54. The lowest BCUT2D eigenvalue weighted by Gasteiger charge is -2.08. The third-order valence-corrected chi connectivity index (χ3v) is 3.08. The van der Waals surface area contributed by atoms with Gasteiger partial charge in [-0.3, -0.25) is 4.98 Å². The van der Waals surface area contributed by atoms with E-state index in [1.165, 1.54) is 20.4 Å². The molecule has 0 spiro atoms. The summed E-state index contributed by atoms with van der Waals surface area (Å²) in [5.41, 5.74) is 2.12. The summed E-state index contributed by atoms with van der Waals surface area (Å²) in [5.74, 6) is -1.16. The van der Waals surface area contributed by atoms with Crippen molar-refractivity contribution in [3.05, 3.63) is 35.2 Å². The zero-order chi connectivity index (χ0) is 13.8. The van der Waals surface area contributed by atoms with Crippen molar-refractivity contribution >= 4 is 17.5 Å². The Morgan fingerprint density at radius 2 is 1.84 bits per heavy atom. The fraction of sp³-hybridized carbons (Fsp3) is 0.357. The Morgan fingerprint density at radius 3 is 2.42 bits per heavy atom. The highest BCUT2D eigenvalue weighted by Gasteiger charge is 2.21. The molecular weight excluding hydrogens is 246 g/mol. The van der Waals surface area contributed by atoms with Crippen molar-refractivity contribution in [1.82, 2.24) is 4.98 Å². The minimum atomic E-state index is -0.597. The maximum absolute atomic E-state index is 11.7. The SMILES string of the molecule is COC(=O)c1cnc(C2=CCCC2)cc1C(=O)OC. The molecule has 5 heteroatoms. The Morgan fingerprint density at radius 1 is 1.16 bits per heavy atom. The molecule has 0 amide bonds. The van der Waals surface area contributed by atoms with Crippen molar-refractivity contribution in [1.29, 1.82) is 0 Å². The molecule has 1 aliphatic rings. The Bertz CT molecular complexity index is 548. The summed E-state index contributed by atoms with van der Waals surface area (Å²) in [6.45, 7) is 0. The Labute approximate surface area is 111 Å². The van der Waals surface area contributed by atoms with Crippen molar-refractivity contribution in [3.63, 3.8) is 0 Å². The molecule has 19 heavy (non-hydrogen) atoms. The molecule has 0 bridgehead atoms. The van der Waals surface area contributed by atoms with Crippen LogP contribution in [0.4, 0.5) is 0 Å². The number of esters is 2. The average Bonchev–Trinajstić information content (AvgIpc) is 2.99. The van der Waals surface area contributed by atoms with Gasteiger partial charge in [-0.15, -0.1) is 0 Å². The second-order valence-corrected chi connectivity index (χ2v) is 4.22. The van der Waals surface area contributed by atoms with Gasteiger partial charge >= 0.3 is 11.9 Å². The molecule has 1 aliphatic carbocycles. The zero-order valence-corrected chi connectivity index (χ0v) is 10.9. The number of carbonyl (C=O) groups is 2. The molecule has 0 radical (unpaired) electrons. The molecule has 0 aromatic carbocycles. The van der Waals surface area contributed by atoms with Crippen LogP contribution in [0.1, 0.15) is 45.7 Å². The van der Waals surface area contributed by atoms with Crippen LogP contribution in [0, 0.1) is 0 Å². The number of ether oxygens (including phenoxy) is 2. The highest BCUT2D eigenvalue weighted by Crippen LogP contribution is 2.27. The standard InChI is InChI=1S/C14H15NO4/c1-18-13(16)10-7-12(9-5-3-4-6-9)15-8-11(10)14(17)19-2/h5,7-8H,3-4,6H2,1-2H3. The van der Waals surface area contributed by atoms with Gasteiger partial charge in [0.2, 0.25) is 0 Å². The number of carbonyl (C=O) groups excluding carboxylic acids is 2. The highest BCUT2D eigenvalue weighted by molar-refractivity contribution is 6.03. The van der Waals surface area contributed by atoms with Gasteiger partial charge in [0, 0.05) is 6.20 Å². The molecule has 0 atom stereocenters. The van der Waals surface area contributed by atoms with E-state index in [0.717, 1.165) is 24.8 Å². The minimum absolute atomic E-state index is 0.122. The molecule has 5 nitrogen and oxygen atoms in total. The lowest BCUT2D eigenvalue weighted by molar-refractivity contribution is 0.0554. The molecule has 2 rings (SSSR count). The average molecular weight is 261 g/mol. The quantitative estimate of drug-likeness (QED) is 0.780. The van der Waals surface area contributed by atoms with E-state index in [-0.39, 0.29) is 11.1 Å². The molecule has 100 valence electrons. The van der Waals surface area contributed by atoms with Crippen molar-refractivity contribution in [2.45, 2.75) is 19.3 Å². The molecule has 0 fully saturated rings. The van der Waals surface area contributed by atoms with Gasteiger partial charge in [0.05, 0.1) is 31.0 Å². The van der Waals surface area contributed by atoms with Gasteiger partial charge in [0.1, 0.15) is 0 Å². The predicted molar refractivity (Wildman–Crippen MR) is 68.7 cm³/mol. The van der Waals surface area contributed by atoms with Crippen LogP contribution in [0.5, 0.6) is 0 Å². The van der Waals surface area contributed by atoms with E-state index in [1.807, 2.05) is 0 Å². The second-order valence-electron chi connectivity index (χ2n) is 4.22. The number of allylic oxidation sites excluding steroid dienone is 2. The van der Waals surface area contributed by atoms with E-state index in [0.29, 0.717) is 5.69 Å². The molecular formula is C14H15NO4. The molecule has 0 saturated carbocycles. The van der Waals surface area contributed by atoms with Crippen LogP contribution in [-0.2, 0) is 9.47 Å². The van der Waals surface area contributed by atoms with Gasteiger partial charge in [-0.25, -0.2) is 9.59 Å². The number of pyridine rings is 1. The van der Waals surface area contributed by atoms with Crippen LogP contribution in [0.25, 0.3) is 5.57 Å². The van der Waals surface area contributed by atoms with Gasteiger partial charge in [-0.05, 0) is 30.9 Å². The van der Waals surface area contributed by atoms with Crippen molar-refractivity contribution in [3.8, 4) is 0 Å². The number of hydrogen-bond acceptors (Lipinski definition) is 5. The first-order valence-electron chi connectivity index (χ1n) is 6.03. The van der Waals surface area contributed by atoms with Crippen LogP contribution in [0.2, 0.25) is 0 Å².